The molecule has 0 spiro atoms. The Kier molecular flexibility index (Phi) is 7.54. The summed E-state index contributed by atoms with van der Waals surface area (Å²) in [5, 5.41) is 0.946. The summed E-state index contributed by atoms with van der Waals surface area (Å²) in [7, 11) is 1.39. The normalized spacial score (nSPS) is 17.6. The van der Waals surface area contributed by atoms with Gasteiger partial charge in [-0.2, -0.15) is 0 Å². The fourth-order valence-electron chi connectivity index (χ4n) is 6.06. The number of pyridine rings is 1. The first-order chi connectivity index (χ1) is 19.9. The van der Waals surface area contributed by atoms with Gasteiger partial charge in [0.05, 0.1) is 13.3 Å². The molecule has 0 atom stereocenters. The van der Waals surface area contributed by atoms with Crippen molar-refractivity contribution in [1.29, 1.82) is 0 Å². The fraction of sp³-hybridized carbons (Fsp3) is 0.353. The molecule has 6 rings (SSSR count). The summed E-state index contributed by atoms with van der Waals surface area (Å²) in [5.41, 5.74) is 7.06. The third-order valence-electron chi connectivity index (χ3n) is 8.43. The molecule has 7 nitrogen and oxygen atoms in total. The van der Waals surface area contributed by atoms with Crippen LogP contribution in [0.3, 0.4) is 0 Å². The van der Waals surface area contributed by atoms with Crippen LogP contribution in [0.5, 0.6) is 11.5 Å². The Balaban J connectivity index is 1.17. The number of allylic oxidation sites excluding steroid dienone is 1. The first-order valence-electron chi connectivity index (χ1n) is 14.5. The van der Waals surface area contributed by atoms with E-state index in [9.17, 15) is 4.79 Å². The second kappa shape index (κ2) is 11.4. The third kappa shape index (κ3) is 6.00. The zero-order chi connectivity index (χ0) is 28.4. The van der Waals surface area contributed by atoms with Gasteiger partial charge in [0.15, 0.2) is 0 Å². The van der Waals surface area contributed by atoms with Crippen molar-refractivity contribution in [3.05, 3.63) is 89.8 Å². The number of nitrogens with zero attached hydrogens (tertiary/aromatic N) is 3. The number of fused-ring (bicyclic) bond motifs is 1. The first-order valence-corrected chi connectivity index (χ1v) is 14.5. The van der Waals surface area contributed by atoms with Crippen molar-refractivity contribution in [1.82, 2.24) is 14.9 Å². The van der Waals surface area contributed by atoms with Crippen molar-refractivity contribution in [2.75, 3.05) is 44.7 Å². The van der Waals surface area contributed by atoms with Crippen LogP contribution in [0, 0.1) is 5.41 Å². The Morgan fingerprint density at radius 1 is 1.02 bits per heavy atom. The van der Waals surface area contributed by atoms with Gasteiger partial charge in [-0.15, -0.1) is 0 Å². The Morgan fingerprint density at radius 2 is 1.83 bits per heavy atom. The molecule has 1 N–H and O–H groups in total. The standard InChI is InChI=1S/C34H38N4O3/c1-34(2)13-11-26(30(21-34)24-7-5-4-6-8-24)23-37-15-17-38(18-16-37)27-9-10-29(33(39)40-3)31(20-27)41-28-19-25-12-14-35-32(25)36-22-28/h4-10,12,14,19-20,22H,11,13,15-18,21,23H2,1-3H3,(H,35,36). The van der Waals surface area contributed by atoms with E-state index in [1.807, 2.05) is 30.5 Å². The zero-order valence-electron chi connectivity index (χ0n) is 24.2. The Hall–Kier alpha value is -4.10. The highest BCUT2D eigenvalue weighted by atomic mass is 16.5. The van der Waals surface area contributed by atoms with Gasteiger partial charge in [0, 0.05) is 56.1 Å². The minimum atomic E-state index is -0.426. The molecule has 2 aromatic carbocycles. The van der Waals surface area contributed by atoms with E-state index in [-0.39, 0.29) is 0 Å². The van der Waals surface area contributed by atoms with Crippen LogP contribution in [-0.2, 0) is 4.74 Å². The molecule has 0 radical (unpaired) electrons. The highest BCUT2D eigenvalue weighted by molar-refractivity contribution is 5.93. The molecule has 7 heteroatoms. The minimum absolute atomic E-state index is 0.340. The summed E-state index contributed by atoms with van der Waals surface area (Å²) in [5.74, 6) is 0.614. The van der Waals surface area contributed by atoms with E-state index in [0.717, 1.165) is 62.3 Å². The van der Waals surface area contributed by atoms with E-state index in [2.05, 4.69) is 63.9 Å². The Morgan fingerprint density at radius 3 is 2.61 bits per heavy atom. The predicted octanol–water partition coefficient (Wildman–Crippen LogP) is 6.93. The minimum Gasteiger partial charge on any atom is -0.465 e. The maximum atomic E-state index is 12.5. The highest BCUT2D eigenvalue weighted by Crippen LogP contribution is 2.43. The monoisotopic (exact) mass is 550 g/mol. The summed E-state index contributed by atoms with van der Waals surface area (Å²) in [6.07, 6.45) is 7.04. The Labute approximate surface area is 241 Å². The van der Waals surface area contributed by atoms with Crippen molar-refractivity contribution in [2.45, 2.75) is 33.1 Å². The lowest BCUT2D eigenvalue weighted by atomic mass is 9.72. The topological polar surface area (TPSA) is 70.7 Å². The van der Waals surface area contributed by atoms with E-state index in [0.29, 0.717) is 22.5 Å². The predicted molar refractivity (Wildman–Crippen MR) is 164 cm³/mol. The lowest BCUT2D eigenvalue weighted by Gasteiger charge is -2.39. The van der Waals surface area contributed by atoms with Crippen molar-refractivity contribution < 1.29 is 14.3 Å². The number of hydrogen-bond donors (Lipinski definition) is 1. The average Bonchev–Trinajstić information content (AvgIpc) is 3.46. The SMILES string of the molecule is COC(=O)c1ccc(N2CCN(CC3=C(c4ccccc4)CC(C)(C)CC3)CC2)cc1Oc1cnc2[nH]ccc2c1. The summed E-state index contributed by atoms with van der Waals surface area (Å²) >= 11 is 0. The van der Waals surface area contributed by atoms with Crippen LogP contribution in [-0.4, -0.2) is 60.7 Å². The number of piperazine rings is 1. The van der Waals surface area contributed by atoms with E-state index >= 15 is 0 Å². The van der Waals surface area contributed by atoms with Gasteiger partial charge in [-0.25, -0.2) is 9.78 Å². The van der Waals surface area contributed by atoms with Crippen molar-refractivity contribution >= 4 is 28.3 Å². The van der Waals surface area contributed by atoms with Crippen LogP contribution in [0.25, 0.3) is 16.6 Å². The molecular weight excluding hydrogens is 512 g/mol. The smallest absolute Gasteiger partial charge is 0.341 e. The summed E-state index contributed by atoms with van der Waals surface area (Å²) in [6.45, 7) is 9.60. The Bertz CT molecular complexity index is 1570. The molecule has 41 heavy (non-hydrogen) atoms. The number of hydrogen-bond acceptors (Lipinski definition) is 6. The van der Waals surface area contributed by atoms with Crippen LogP contribution in [0.15, 0.2) is 78.6 Å². The van der Waals surface area contributed by atoms with Crippen molar-refractivity contribution in [3.63, 3.8) is 0 Å². The second-order valence-electron chi connectivity index (χ2n) is 11.9. The summed E-state index contributed by atoms with van der Waals surface area (Å²) < 4.78 is 11.2. The second-order valence-corrected chi connectivity index (χ2v) is 11.9. The molecule has 1 saturated heterocycles. The molecule has 0 unspecified atom stereocenters. The van der Waals surface area contributed by atoms with Gasteiger partial charge in [-0.1, -0.05) is 49.8 Å². The first kappa shape index (κ1) is 27.1. The van der Waals surface area contributed by atoms with Crippen LogP contribution in [0.2, 0.25) is 0 Å². The number of methoxy groups -OCH3 is 1. The van der Waals surface area contributed by atoms with E-state index in [1.165, 1.54) is 24.7 Å². The van der Waals surface area contributed by atoms with Crippen LogP contribution in [0.1, 0.15) is 49.0 Å². The summed E-state index contributed by atoms with van der Waals surface area (Å²) in [6, 6.07) is 20.5. The molecule has 4 aromatic rings. The molecule has 212 valence electrons. The zero-order valence-corrected chi connectivity index (χ0v) is 24.2. The van der Waals surface area contributed by atoms with Crippen molar-refractivity contribution in [3.8, 4) is 11.5 Å². The maximum Gasteiger partial charge on any atom is 0.341 e. The number of ether oxygens (including phenoxy) is 2. The lowest BCUT2D eigenvalue weighted by molar-refractivity contribution is 0.0598. The highest BCUT2D eigenvalue weighted by Gasteiger charge is 2.29. The number of nitrogens with one attached hydrogen (secondary N) is 1. The van der Waals surface area contributed by atoms with E-state index < -0.39 is 5.97 Å². The molecule has 2 aliphatic rings. The van der Waals surface area contributed by atoms with Crippen LogP contribution in [0.4, 0.5) is 5.69 Å². The molecule has 0 amide bonds. The van der Waals surface area contributed by atoms with Gasteiger partial charge in [-0.3, -0.25) is 4.90 Å². The number of benzene rings is 2. The van der Waals surface area contributed by atoms with Gasteiger partial charge < -0.3 is 19.4 Å². The number of aromatic nitrogens is 2. The number of carbonyl (C=O) groups is 1. The fourth-order valence-corrected chi connectivity index (χ4v) is 6.06. The number of esters is 1. The molecule has 1 aliphatic heterocycles. The number of anilines is 1. The molecule has 0 bridgehead atoms. The number of rotatable bonds is 7. The molecule has 1 aliphatic carbocycles. The van der Waals surface area contributed by atoms with Gasteiger partial charge >= 0.3 is 5.97 Å². The van der Waals surface area contributed by atoms with Gasteiger partial charge in [0.1, 0.15) is 22.7 Å². The largest absolute Gasteiger partial charge is 0.465 e. The van der Waals surface area contributed by atoms with Crippen LogP contribution < -0.4 is 9.64 Å². The van der Waals surface area contributed by atoms with E-state index in [4.69, 9.17) is 9.47 Å². The number of aromatic amines is 1. The summed E-state index contributed by atoms with van der Waals surface area (Å²) in [4.78, 5) is 25.0. The number of carbonyl (C=O) groups excluding carboxylic acids is 1. The average molecular weight is 551 g/mol. The molecule has 3 heterocycles. The van der Waals surface area contributed by atoms with Gasteiger partial charge in [0.2, 0.25) is 0 Å². The van der Waals surface area contributed by atoms with E-state index in [1.54, 1.807) is 17.8 Å². The van der Waals surface area contributed by atoms with Crippen LogP contribution >= 0.6 is 0 Å². The molecule has 1 fully saturated rings. The number of H-pyrrole nitrogens is 1. The van der Waals surface area contributed by atoms with Gasteiger partial charge in [0.25, 0.3) is 0 Å². The molecule has 0 saturated carbocycles. The lowest BCUT2D eigenvalue weighted by Crippen LogP contribution is -2.47. The third-order valence-corrected chi connectivity index (χ3v) is 8.43. The maximum absolute atomic E-state index is 12.5. The van der Waals surface area contributed by atoms with Crippen molar-refractivity contribution in [2.24, 2.45) is 5.41 Å². The quantitative estimate of drug-likeness (QED) is 0.252. The molecular formula is C34H38N4O3. The molecule has 2 aromatic heterocycles. The van der Waals surface area contributed by atoms with Gasteiger partial charge in [-0.05, 0) is 60.1 Å².